The number of aromatic nitrogens is 1. The van der Waals surface area contributed by atoms with Crippen molar-refractivity contribution in [2.75, 3.05) is 0 Å². The third-order valence-corrected chi connectivity index (χ3v) is 7.97. The number of carbonyl (C=O) groups excluding carboxylic acids is 1. The normalized spacial score (nSPS) is 11.3. The maximum atomic E-state index is 13.3. The van der Waals surface area contributed by atoms with Crippen molar-refractivity contribution < 1.29 is 14.7 Å². The van der Waals surface area contributed by atoms with E-state index in [9.17, 15) is 14.7 Å². The van der Waals surface area contributed by atoms with Crippen LogP contribution in [0.4, 0.5) is 0 Å². The molecule has 0 aliphatic rings. The maximum absolute atomic E-state index is 13.3. The van der Waals surface area contributed by atoms with Crippen molar-refractivity contribution in [1.29, 1.82) is 0 Å². The summed E-state index contributed by atoms with van der Waals surface area (Å²) >= 11 is 6.03. The number of halogens is 1. The van der Waals surface area contributed by atoms with Crippen LogP contribution in [0.25, 0.3) is 10.9 Å². The smallest absolute Gasteiger partial charge is 0.353 e. The number of para-hydroxylation sites is 1. The van der Waals surface area contributed by atoms with Gasteiger partial charge in [-0.1, -0.05) is 139 Å². The van der Waals surface area contributed by atoms with Crippen molar-refractivity contribution in [2.24, 2.45) is 0 Å². The van der Waals surface area contributed by atoms with E-state index in [-0.39, 0.29) is 11.5 Å². The van der Waals surface area contributed by atoms with Gasteiger partial charge in [0.05, 0.1) is 5.56 Å². The van der Waals surface area contributed by atoms with Gasteiger partial charge >= 0.3 is 5.97 Å². The summed E-state index contributed by atoms with van der Waals surface area (Å²) in [5.74, 6) is -1.15. The Morgan fingerprint density at radius 3 is 1.77 bits per heavy atom. The molecule has 0 spiro atoms. The largest absolute Gasteiger partial charge is 0.477 e. The molecule has 5 heteroatoms. The average molecular weight is 552 g/mol. The fourth-order valence-electron chi connectivity index (χ4n) is 5.53. The number of hydrogen-bond acceptors (Lipinski definition) is 2. The minimum Gasteiger partial charge on any atom is -0.477 e. The highest BCUT2D eigenvalue weighted by Gasteiger charge is 2.26. The average Bonchev–Trinajstić information content (AvgIpc) is 3.26. The number of hydrogen-bond donors (Lipinski definition) is 1. The summed E-state index contributed by atoms with van der Waals surface area (Å²) in [6.07, 6.45) is 19.5. The van der Waals surface area contributed by atoms with Gasteiger partial charge in [-0.3, -0.25) is 4.79 Å². The number of unbranched alkanes of at least 4 members (excludes halogenated alkanes) is 14. The van der Waals surface area contributed by atoms with Crippen molar-refractivity contribution >= 4 is 34.3 Å². The van der Waals surface area contributed by atoms with Gasteiger partial charge in [0, 0.05) is 28.9 Å². The van der Waals surface area contributed by atoms with E-state index < -0.39 is 5.97 Å². The lowest BCUT2D eigenvalue weighted by Gasteiger charge is -2.09. The van der Waals surface area contributed by atoms with E-state index in [2.05, 4.69) is 6.92 Å². The fraction of sp³-hybridized carbons (Fsp3) is 0.529. The van der Waals surface area contributed by atoms with Crippen molar-refractivity contribution in [2.45, 2.75) is 116 Å². The summed E-state index contributed by atoms with van der Waals surface area (Å²) in [6, 6.07) is 14.9. The minimum atomic E-state index is -1.07. The summed E-state index contributed by atoms with van der Waals surface area (Å²) in [7, 11) is 0. The van der Waals surface area contributed by atoms with Crippen LogP contribution in [0.3, 0.4) is 0 Å². The van der Waals surface area contributed by atoms with Crippen LogP contribution >= 0.6 is 11.6 Å². The molecule has 39 heavy (non-hydrogen) atoms. The van der Waals surface area contributed by atoms with Crippen molar-refractivity contribution in [1.82, 2.24) is 4.57 Å². The van der Waals surface area contributed by atoms with Crippen LogP contribution in [0.1, 0.15) is 136 Å². The summed E-state index contributed by atoms with van der Waals surface area (Å²) in [5.41, 5.74) is 2.13. The molecule has 0 bridgehead atoms. The molecule has 3 aromatic rings. The molecule has 1 aromatic heterocycles. The first-order valence-electron chi connectivity index (χ1n) is 15.1. The van der Waals surface area contributed by atoms with Crippen LogP contribution in [0.5, 0.6) is 0 Å². The number of benzene rings is 2. The van der Waals surface area contributed by atoms with Gasteiger partial charge in [-0.05, 0) is 30.2 Å². The van der Waals surface area contributed by atoms with Gasteiger partial charge in [0.25, 0.3) is 0 Å². The quantitative estimate of drug-likeness (QED) is 0.112. The monoisotopic (exact) mass is 551 g/mol. The standard InChI is InChI=1S/C34H46ClNO3/c1-2-3-4-5-6-7-8-9-10-11-12-13-14-15-16-21-31(37)32-29-19-17-18-20-30(29)36(33(32)34(38)39)26-27-22-24-28(35)25-23-27/h17-20,22-25H,2-16,21,26H2,1H3,(H,38,39). The molecule has 0 saturated carbocycles. The van der Waals surface area contributed by atoms with E-state index in [1.165, 1.54) is 77.0 Å². The predicted molar refractivity (Wildman–Crippen MR) is 163 cm³/mol. The lowest BCUT2D eigenvalue weighted by Crippen LogP contribution is -2.14. The third kappa shape index (κ3) is 9.83. The molecule has 3 rings (SSSR count). The highest BCUT2D eigenvalue weighted by Crippen LogP contribution is 2.29. The first kappa shape index (κ1) is 30.9. The molecule has 0 fully saturated rings. The Morgan fingerprint density at radius 2 is 1.23 bits per heavy atom. The number of carboxylic acids is 1. The number of carbonyl (C=O) groups is 2. The van der Waals surface area contributed by atoms with Crippen LogP contribution in [-0.4, -0.2) is 21.4 Å². The molecule has 0 aliphatic heterocycles. The second kappa shape index (κ2) is 17.2. The van der Waals surface area contributed by atoms with Crippen LogP contribution in [-0.2, 0) is 6.54 Å². The molecular weight excluding hydrogens is 506 g/mol. The Hall–Kier alpha value is -2.59. The van der Waals surface area contributed by atoms with Gasteiger partial charge in [0.1, 0.15) is 5.69 Å². The zero-order chi connectivity index (χ0) is 27.9. The highest BCUT2D eigenvalue weighted by atomic mass is 35.5. The zero-order valence-electron chi connectivity index (χ0n) is 23.7. The SMILES string of the molecule is CCCCCCCCCCCCCCCCCC(=O)c1c(C(=O)O)n(Cc2ccc(Cl)cc2)c2ccccc12. The number of rotatable bonds is 20. The van der Waals surface area contributed by atoms with E-state index >= 15 is 0 Å². The molecule has 1 heterocycles. The van der Waals surface area contributed by atoms with Crippen LogP contribution in [0.15, 0.2) is 48.5 Å². The van der Waals surface area contributed by atoms with E-state index in [1.807, 2.05) is 36.4 Å². The second-order valence-corrected chi connectivity index (χ2v) is 11.3. The zero-order valence-corrected chi connectivity index (χ0v) is 24.5. The number of aromatic carboxylic acids is 1. The van der Waals surface area contributed by atoms with E-state index in [0.29, 0.717) is 23.6 Å². The van der Waals surface area contributed by atoms with Crippen LogP contribution in [0.2, 0.25) is 5.02 Å². The second-order valence-electron chi connectivity index (χ2n) is 10.9. The van der Waals surface area contributed by atoms with Gasteiger partial charge < -0.3 is 9.67 Å². The number of fused-ring (bicyclic) bond motifs is 1. The maximum Gasteiger partial charge on any atom is 0.353 e. The highest BCUT2D eigenvalue weighted by molar-refractivity contribution is 6.30. The molecule has 2 aromatic carbocycles. The minimum absolute atomic E-state index is 0.0758. The summed E-state index contributed by atoms with van der Waals surface area (Å²) in [6.45, 7) is 2.63. The van der Waals surface area contributed by atoms with Gasteiger partial charge in [-0.25, -0.2) is 4.79 Å². The fourth-order valence-corrected chi connectivity index (χ4v) is 5.65. The predicted octanol–water partition coefficient (Wildman–Crippen LogP) is 10.5. The van der Waals surface area contributed by atoms with Gasteiger partial charge in [0.2, 0.25) is 0 Å². The molecule has 4 nitrogen and oxygen atoms in total. The first-order chi connectivity index (χ1) is 19.0. The lowest BCUT2D eigenvalue weighted by atomic mass is 10.00. The van der Waals surface area contributed by atoms with E-state index in [0.717, 1.165) is 35.7 Å². The number of ketones is 1. The van der Waals surface area contributed by atoms with Gasteiger partial charge in [0.15, 0.2) is 5.78 Å². The molecule has 0 radical (unpaired) electrons. The Balaban J connectivity index is 1.44. The Morgan fingerprint density at radius 1 is 0.718 bits per heavy atom. The number of nitrogens with zero attached hydrogens (tertiary/aromatic N) is 1. The Bertz CT molecular complexity index is 1170. The molecule has 0 amide bonds. The van der Waals surface area contributed by atoms with E-state index in [1.54, 1.807) is 16.7 Å². The summed E-state index contributed by atoms with van der Waals surface area (Å²) < 4.78 is 1.75. The molecule has 1 N–H and O–H groups in total. The van der Waals surface area contributed by atoms with Crippen LogP contribution < -0.4 is 0 Å². The molecular formula is C34H46ClNO3. The number of carboxylic acid groups (broad SMARTS) is 1. The topological polar surface area (TPSA) is 59.3 Å². The number of Topliss-reactive ketones (excluding diaryl/α,β-unsaturated/α-hetero) is 1. The molecule has 0 aliphatic carbocycles. The Kier molecular flexibility index (Phi) is 13.6. The van der Waals surface area contributed by atoms with Crippen LogP contribution in [0, 0.1) is 0 Å². The third-order valence-electron chi connectivity index (χ3n) is 7.71. The summed E-state index contributed by atoms with van der Waals surface area (Å²) in [4.78, 5) is 25.7. The van der Waals surface area contributed by atoms with Gasteiger partial charge in [-0.2, -0.15) is 0 Å². The van der Waals surface area contributed by atoms with Crippen molar-refractivity contribution in [3.05, 3.63) is 70.4 Å². The van der Waals surface area contributed by atoms with Gasteiger partial charge in [-0.15, -0.1) is 0 Å². The summed E-state index contributed by atoms with van der Waals surface area (Å²) in [5, 5.41) is 11.5. The Labute approximate surface area is 239 Å². The molecule has 0 saturated heterocycles. The first-order valence-corrected chi connectivity index (χ1v) is 15.5. The van der Waals surface area contributed by atoms with Crippen molar-refractivity contribution in [3.8, 4) is 0 Å². The molecule has 0 atom stereocenters. The lowest BCUT2D eigenvalue weighted by molar-refractivity contribution is 0.0681. The molecule has 212 valence electrons. The van der Waals surface area contributed by atoms with E-state index in [4.69, 9.17) is 11.6 Å². The molecule has 0 unspecified atom stereocenters. The van der Waals surface area contributed by atoms with Crippen molar-refractivity contribution in [3.63, 3.8) is 0 Å².